The Labute approximate surface area is 100 Å². The average molecular weight is 287 g/mol. The summed E-state index contributed by atoms with van der Waals surface area (Å²) >= 11 is 4.98. The van der Waals surface area contributed by atoms with Crippen LogP contribution in [-0.2, 0) is 7.05 Å². The van der Waals surface area contributed by atoms with Crippen molar-refractivity contribution in [2.45, 2.75) is 13.0 Å². The fourth-order valence-electron chi connectivity index (χ4n) is 1.53. The van der Waals surface area contributed by atoms with Gasteiger partial charge in [0.1, 0.15) is 6.10 Å². The molecule has 2 rings (SSSR count). The molecule has 5 heteroatoms. The van der Waals surface area contributed by atoms with Crippen molar-refractivity contribution in [3.05, 3.63) is 38.3 Å². The quantitative estimate of drug-likeness (QED) is 0.922. The third-order valence-electron chi connectivity index (χ3n) is 2.26. The van der Waals surface area contributed by atoms with Crippen LogP contribution >= 0.6 is 27.3 Å². The minimum Gasteiger partial charge on any atom is -0.382 e. The zero-order valence-electron chi connectivity index (χ0n) is 8.44. The predicted molar refractivity (Wildman–Crippen MR) is 64.0 cm³/mol. The fraction of sp³-hybridized carbons (Fsp3) is 0.300. The van der Waals surface area contributed by atoms with E-state index >= 15 is 0 Å². The maximum Gasteiger partial charge on any atom is 0.123 e. The number of halogens is 1. The zero-order chi connectivity index (χ0) is 11.0. The number of rotatable bonds is 2. The minimum atomic E-state index is -0.614. The Bertz CT molecular complexity index is 477. The van der Waals surface area contributed by atoms with Gasteiger partial charge < -0.3 is 5.11 Å². The Morgan fingerprint density at radius 1 is 1.53 bits per heavy atom. The van der Waals surface area contributed by atoms with Crippen molar-refractivity contribution < 1.29 is 5.11 Å². The molecule has 1 unspecified atom stereocenters. The number of aliphatic hydroxyl groups excluding tert-OH is 1. The highest BCUT2D eigenvalue weighted by atomic mass is 79.9. The number of hydrogen-bond donors (Lipinski definition) is 1. The average Bonchev–Trinajstić information content (AvgIpc) is 2.71. The van der Waals surface area contributed by atoms with Gasteiger partial charge in [-0.3, -0.25) is 4.68 Å². The van der Waals surface area contributed by atoms with Crippen LogP contribution in [0.15, 0.2) is 21.3 Å². The van der Waals surface area contributed by atoms with Gasteiger partial charge >= 0.3 is 0 Å². The van der Waals surface area contributed by atoms with Crippen molar-refractivity contribution in [2.24, 2.45) is 7.05 Å². The van der Waals surface area contributed by atoms with Gasteiger partial charge in [-0.25, -0.2) is 0 Å². The summed E-state index contributed by atoms with van der Waals surface area (Å²) in [7, 11) is 1.84. The second kappa shape index (κ2) is 4.08. The van der Waals surface area contributed by atoms with E-state index in [-0.39, 0.29) is 0 Å². The first kappa shape index (κ1) is 10.9. The number of nitrogens with zero attached hydrogens (tertiary/aromatic N) is 2. The van der Waals surface area contributed by atoms with Crippen molar-refractivity contribution >= 4 is 27.3 Å². The lowest BCUT2D eigenvalue weighted by molar-refractivity contribution is 0.209. The molecule has 0 saturated heterocycles. The SMILES string of the molecule is Cc1cc(C(O)c2cscc2Br)n(C)n1. The molecule has 15 heavy (non-hydrogen) atoms. The maximum absolute atomic E-state index is 10.2. The molecule has 80 valence electrons. The molecule has 0 aliphatic rings. The van der Waals surface area contributed by atoms with Gasteiger partial charge in [0.15, 0.2) is 0 Å². The first-order valence-electron chi connectivity index (χ1n) is 4.50. The van der Waals surface area contributed by atoms with E-state index in [2.05, 4.69) is 21.0 Å². The smallest absolute Gasteiger partial charge is 0.123 e. The van der Waals surface area contributed by atoms with E-state index in [0.29, 0.717) is 0 Å². The van der Waals surface area contributed by atoms with Gasteiger partial charge in [-0.05, 0) is 34.3 Å². The van der Waals surface area contributed by atoms with E-state index < -0.39 is 6.10 Å². The highest BCUT2D eigenvalue weighted by molar-refractivity contribution is 9.10. The molecule has 0 spiro atoms. The molecule has 1 N–H and O–H groups in total. The van der Waals surface area contributed by atoms with E-state index in [0.717, 1.165) is 21.4 Å². The lowest BCUT2D eigenvalue weighted by Gasteiger charge is -2.09. The molecule has 0 saturated carbocycles. The van der Waals surface area contributed by atoms with Crippen LogP contribution in [0.5, 0.6) is 0 Å². The zero-order valence-corrected chi connectivity index (χ0v) is 10.8. The molecule has 0 fully saturated rings. The van der Waals surface area contributed by atoms with Gasteiger partial charge in [-0.1, -0.05) is 0 Å². The van der Waals surface area contributed by atoms with Gasteiger partial charge in [0.2, 0.25) is 0 Å². The van der Waals surface area contributed by atoms with Gasteiger partial charge in [0, 0.05) is 22.5 Å². The summed E-state index contributed by atoms with van der Waals surface area (Å²) in [4.78, 5) is 0. The molecule has 0 aliphatic carbocycles. The second-order valence-corrected chi connectivity index (χ2v) is 5.01. The van der Waals surface area contributed by atoms with Crippen molar-refractivity contribution in [3.63, 3.8) is 0 Å². The standard InChI is InChI=1S/C10H11BrN2OS/c1-6-3-9(13(2)12-6)10(14)7-4-15-5-8(7)11/h3-5,10,14H,1-2H3. The van der Waals surface area contributed by atoms with Crippen LogP contribution < -0.4 is 0 Å². The molecule has 0 bridgehead atoms. The van der Waals surface area contributed by atoms with E-state index in [4.69, 9.17) is 0 Å². The number of aryl methyl sites for hydroxylation is 2. The fourth-order valence-corrected chi connectivity index (χ4v) is 3.06. The van der Waals surface area contributed by atoms with Crippen LogP contribution in [-0.4, -0.2) is 14.9 Å². The first-order valence-corrected chi connectivity index (χ1v) is 6.23. The van der Waals surface area contributed by atoms with Crippen molar-refractivity contribution in [3.8, 4) is 0 Å². The third kappa shape index (κ3) is 2.00. The van der Waals surface area contributed by atoms with Gasteiger partial charge in [-0.2, -0.15) is 16.4 Å². The maximum atomic E-state index is 10.2. The van der Waals surface area contributed by atoms with Crippen LogP contribution in [0.4, 0.5) is 0 Å². The molecule has 0 amide bonds. The van der Waals surface area contributed by atoms with Crippen LogP contribution in [0.1, 0.15) is 23.1 Å². The largest absolute Gasteiger partial charge is 0.382 e. The highest BCUT2D eigenvalue weighted by Crippen LogP contribution is 2.31. The molecule has 0 radical (unpaired) electrons. The van der Waals surface area contributed by atoms with Gasteiger partial charge in [-0.15, -0.1) is 0 Å². The summed E-state index contributed by atoms with van der Waals surface area (Å²) < 4.78 is 2.66. The predicted octanol–water partition coefficient (Wildman–Crippen LogP) is 2.63. The monoisotopic (exact) mass is 286 g/mol. The molecule has 2 aromatic heterocycles. The third-order valence-corrected chi connectivity index (χ3v) is 4.01. The lowest BCUT2D eigenvalue weighted by atomic mass is 10.1. The van der Waals surface area contributed by atoms with Crippen LogP contribution in [0, 0.1) is 6.92 Å². The molecule has 2 heterocycles. The number of aliphatic hydroxyl groups is 1. The number of thiophene rings is 1. The molecule has 3 nitrogen and oxygen atoms in total. The summed E-state index contributed by atoms with van der Waals surface area (Å²) in [6.45, 7) is 1.92. The summed E-state index contributed by atoms with van der Waals surface area (Å²) in [5.41, 5.74) is 2.62. The van der Waals surface area contributed by atoms with Gasteiger partial charge in [0.25, 0.3) is 0 Å². The Hall–Kier alpha value is -0.650. The van der Waals surface area contributed by atoms with Crippen LogP contribution in [0.2, 0.25) is 0 Å². The van der Waals surface area contributed by atoms with Crippen LogP contribution in [0.25, 0.3) is 0 Å². The topological polar surface area (TPSA) is 38.0 Å². The molecule has 0 aliphatic heterocycles. The van der Waals surface area contributed by atoms with E-state index in [9.17, 15) is 5.11 Å². The Kier molecular flexibility index (Phi) is 2.95. The number of aromatic nitrogens is 2. The molecular formula is C10H11BrN2OS. The van der Waals surface area contributed by atoms with Crippen molar-refractivity contribution in [1.82, 2.24) is 9.78 Å². The van der Waals surface area contributed by atoms with Crippen LogP contribution in [0.3, 0.4) is 0 Å². The van der Waals surface area contributed by atoms with Gasteiger partial charge in [0.05, 0.1) is 11.4 Å². The Balaban J connectivity index is 2.40. The molecular weight excluding hydrogens is 276 g/mol. The van der Waals surface area contributed by atoms with E-state index in [1.165, 1.54) is 0 Å². The molecule has 1 atom stereocenters. The summed E-state index contributed by atoms with van der Waals surface area (Å²) in [5, 5.41) is 18.3. The highest BCUT2D eigenvalue weighted by Gasteiger charge is 2.18. The normalized spacial score (nSPS) is 13.1. The first-order chi connectivity index (χ1) is 7.09. The molecule has 2 aromatic rings. The summed E-state index contributed by atoms with van der Waals surface area (Å²) in [6, 6.07) is 1.90. The van der Waals surface area contributed by atoms with E-state index in [1.54, 1.807) is 16.0 Å². The van der Waals surface area contributed by atoms with E-state index in [1.807, 2.05) is 30.8 Å². The Morgan fingerprint density at radius 2 is 2.27 bits per heavy atom. The molecule has 0 aromatic carbocycles. The minimum absolute atomic E-state index is 0.614. The lowest BCUT2D eigenvalue weighted by Crippen LogP contribution is -2.06. The number of hydrogen-bond acceptors (Lipinski definition) is 3. The summed E-state index contributed by atoms with van der Waals surface area (Å²) in [6.07, 6.45) is -0.614. The van der Waals surface area contributed by atoms with Crippen molar-refractivity contribution in [1.29, 1.82) is 0 Å². The Morgan fingerprint density at radius 3 is 2.73 bits per heavy atom. The second-order valence-electron chi connectivity index (χ2n) is 3.41. The summed E-state index contributed by atoms with van der Waals surface area (Å²) in [5.74, 6) is 0. The van der Waals surface area contributed by atoms with Crippen molar-refractivity contribution in [2.75, 3.05) is 0 Å².